The van der Waals surface area contributed by atoms with Gasteiger partial charge in [0.2, 0.25) is 5.91 Å². The molecule has 0 aliphatic carbocycles. The summed E-state index contributed by atoms with van der Waals surface area (Å²) < 4.78 is 6.41. The van der Waals surface area contributed by atoms with Crippen molar-refractivity contribution in [1.82, 2.24) is 9.55 Å². The number of fused-ring (bicyclic) bond motifs is 1. The zero-order valence-corrected chi connectivity index (χ0v) is 14.0. The first kappa shape index (κ1) is 17.3. The summed E-state index contributed by atoms with van der Waals surface area (Å²) in [5.74, 6) is -0.305. The van der Waals surface area contributed by atoms with Gasteiger partial charge in [0, 0.05) is 25.2 Å². The van der Waals surface area contributed by atoms with Crippen LogP contribution in [0.1, 0.15) is 18.4 Å². The van der Waals surface area contributed by atoms with Crippen LogP contribution in [-0.4, -0.2) is 20.4 Å². The molecule has 2 heterocycles. The molecule has 26 heavy (non-hydrogen) atoms. The first-order chi connectivity index (χ1) is 12.5. The highest BCUT2D eigenvalue weighted by atomic mass is 16.6. The number of non-ortho nitro benzene ring substituents is 1. The van der Waals surface area contributed by atoms with Gasteiger partial charge in [-0.1, -0.05) is 6.07 Å². The van der Waals surface area contributed by atoms with Gasteiger partial charge in [-0.25, -0.2) is 9.78 Å². The second kappa shape index (κ2) is 7.18. The van der Waals surface area contributed by atoms with Crippen LogP contribution in [0.3, 0.4) is 0 Å². The Hall–Kier alpha value is -3.49. The van der Waals surface area contributed by atoms with Crippen molar-refractivity contribution in [2.75, 3.05) is 5.32 Å². The van der Waals surface area contributed by atoms with Crippen LogP contribution in [0.2, 0.25) is 0 Å². The molecule has 0 saturated carbocycles. The predicted molar refractivity (Wildman–Crippen MR) is 94.0 cm³/mol. The zero-order chi connectivity index (χ0) is 18.7. The lowest BCUT2D eigenvalue weighted by molar-refractivity contribution is -0.384. The maximum atomic E-state index is 12.0. The molecule has 0 aliphatic heterocycles. The third-order valence-electron chi connectivity index (χ3n) is 3.92. The van der Waals surface area contributed by atoms with Gasteiger partial charge in [-0.05, 0) is 31.0 Å². The molecule has 2 aromatic heterocycles. The van der Waals surface area contributed by atoms with Crippen molar-refractivity contribution in [2.45, 2.75) is 26.3 Å². The van der Waals surface area contributed by atoms with Gasteiger partial charge in [0.1, 0.15) is 5.82 Å². The number of nitro groups is 1. The Morgan fingerprint density at radius 3 is 2.92 bits per heavy atom. The summed E-state index contributed by atoms with van der Waals surface area (Å²) in [6.45, 7) is 2.11. The smallest absolute Gasteiger partial charge is 0.407 e. The number of nitrogens with one attached hydrogen (secondary N) is 1. The molecule has 0 spiro atoms. The van der Waals surface area contributed by atoms with Crippen LogP contribution in [0.25, 0.3) is 11.1 Å². The molecule has 9 nitrogen and oxygen atoms in total. The molecule has 3 rings (SSSR count). The highest BCUT2D eigenvalue weighted by Gasteiger charge is 2.14. The minimum absolute atomic E-state index is 0.150. The Kier molecular flexibility index (Phi) is 4.78. The van der Waals surface area contributed by atoms with Crippen LogP contribution < -0.4 is 11.1 Å². The molecule has 1 amide bonds. The molecule has 134 valence electrons. The third kappa shape index (κ3) is 3.61. The largest absolute Gasteiger partial charge is 0.419 e. The maximum absolute atomic E-state index is 12.0. The average molecular weight is 356 g/mol. The number of pyridine rings is 1. The first-order valence-electron chi connectivity index (χ1n) is 7.95. The number of aromatic nitrogens is 2. The van der Waals surface area contributed by atoms with Crippen LogP contribution in [0.15, 0.2) is 45.7 Å². The lowest BCUT2D eigenvalue weighted by Gasteiger charge is -2.07. The molecule has 1 aromatic carbocycles. The predicted octanol–water partition coefficient (Wildman–Crippen LogP) is 2.63. The fourth-order valence-corrected chi connectivity index (χ4v) is 2.59. The van der Waals surface area contributed by atoms with Gasteiger partial charge in [0.15, 0.2) is 5.58 Å². The summed E-state index contributed by atoms with van der Waals surface area (Å²) in [4.78, 5) is 38.3. The Labute approximate surface area is 147 Å². The summed E-state index contributed by atoms with van der Waals surface area (Å²) in [7, 11) is 0. The van der Waals surface area contributed by atoms with Gasteiger partial charge in [-0.15, -0.1) is 0 Å². The van der Waals surface area contributed by atoms with E-state index in [1.807, 2.05) is 13.0 Å². The highest BCUT2D eigenvalue weighted by molar-refractivity contribution is 5.90. The summed E-state index contributed by atoms with van der Waals surface area (Å²) >= 11 is 0. The maximum Gasteiger partial charge on any atom is 0.419 e. The van der Waals surface area contributed by atoms with Gasteiger partial charge in [-0.2, -0.15) is 0 Å². The standard InChI is InChI=1S/C17H16N4O5/c1-11-4-2-8-18-16(11)19-15(22)5-3-9-20-13-7-6-12(21(24)25)10-14(13)26-17(20)23/h2,4,6-8,10H,3,5,9H2,1H3,(H,18,19,22). The first-order valence-corrected chi connectivity index (χ1v) is 7.95. The van der Waals surface area contributed by atoms with E-state index >= 15 is 0 Å². The van der Waals surface area contributed by atoms with Gasteiger partial charge < -0.3 is 9.73 Å². The average Bonchev–Trinajstić information content (AvgIpc) is 2.91. The normalized spacial score (nSPS) is 10.8. The minimum Gasteiger partial charge on any atom is -0.407 e. The van der Waals surface area contributed by atoms with E-state index in [0.29, 0.717) is 17.8 Å². The van der Waals surface area contributed by atoms with Gasteiger partial charge in [0.25, 0.3) is 5.69 Å². The Balaban J connectivity index is 1.65. The van der Waals surface area contributed by atoms with E-state index in [1.54, 1.807) is 12.3 Å². The number of aryl methyl sites for hydroxylation is 2. The van der Waals surface area contributed by atoms with Gasteiger partial charge in [0.05, 0.1) is 16.5 Å². The van der Waals surface area contributed by atoms with Crippen molar-refractivity contribution in [1.29, 1.82) is 0 Å². The van der Waals surface area contributed by atoms with E-state index < -0.39 is 10.7 Å². The molecule has 0 fully saturated rings. The van der Waals surface area contributed by atoms with E-state index in [0.717, 1.165) is 5.56 Å². The van der Waals surface area contributed by atoms with Crippen LogP contribution in [0, 0.1) is 17.0 Å². The molecule has 0 radical (unpaired) electrons. The minimum atomic E-state index is -0.610. The van der Waals surface area contributed by atoms with Crippen molar-refractivity contribution >= 4 is 28.5 Å². The topological polar surface area (TPSA) is 120 Å². The number of carbonyl (C=O) groups is 1. The van der Waals surface area contributed by atoms with Crippen LogP contribution in [-0.2, 0) is 11.3 Å². The van der Waals surface area contributed by atoms with Crippen molar-refractivity contribution in [3.8, 4) is 0 Å². The second-order valence-electron chi connectivity index (χ2n) is 5.75. The fourth-order valence-electron chi connectivity index (χ4n) is 2.59. The second-order valence-corrected chi connectivity index (χ2v) is 5.75. The fraction of sp³-hybridized carbons (Fsp3) is 0.235. The van der Waals surface area contributed by atoms with Gasteiger partial charge in [-0.3, -0.25) is 19.5 Å². The Morgan fingerprint density at radius 1 is 1.38 bits per heavy atom. The third-order valence-corrected chi connectivity index (χ3v) is 3.92. The van der Waals surface area contributed by atoms with E-state index in [-0.39, 0.29) is 30.1 Å². The number of hydrogen-bond donors (Lipinski definition) is 1. The number of rotatable bonds is 6. The Morgan fingerprint density at radius 2 is 2.19 bits per heavy atom. The van der Waals surface area contributed by atoms with E-state index in [4.69, 9.17) is 4.42 Å². The molecule has 0 saturated heterocycles. The molecule has 0 bridgehead atoms. The molecule has 0 unspecified atom stereocenters. The molecular weight excluding hydrogens is 340 g/mol. The molecule has 3 aromatic rings. The number of anilines is 1. The number of amides is 1. The number of nitrogens with zero attached hydrogens (tertiary/aromatic N) is 3. The molecule has 0 aliphatic rings. The van der Waals surface area contributed by atoms with Crippen molar-refractivity contribution < 1.29 is 14.1 Å². The summed E-state index contributed by atoms with van der Waals surface area (Å²) in [6, 6.07) is 7.62. The molecular formula is C17H16N4O5. The lowest BCUT2D eigenvalue weighted by atomic mass is 10.2. The van der Waals surface area contributed by atoms with Crippen LogP contribution in [0.5, 0.6) is 0 Å². The number of oxazole rings is 1. The van der Waals surface area contributed by atoms with Gasteiger partial charge >= 0.3 is 5.76 Å². The van der Waals surface area contributed by atoms with E-state index in [9.17, 15) is 19.7 Å². The quantitative estimate of drug-likeness (QED) is 0.535. The Bertz CT molecular complexity index is 1040. The van der Waals surface area contributed by atoms with E-state index in [1.165, 1.54) is 22.8 Å². The monoisotopic (exact) mass is 356 g/mol. The molecule has 9 heteroatoms. The number of benzene rings is 1. The van der Waals surface area contributed by atoms with Crippen LogP contribution >= 0.6 is 0 Å². The zero-order valence-electron chi connectivity index (χ0n) is 14.0. The summed E-state index contributed by atoms with van der Waals surface area (Å²) in [5, 5.41) is 13.5. The van der Waals surface area contributed by atoms with Crippen molar-refractivity contribution in [3.05, 3.63) is 62.8 Å². The van der Waals surface area contributed by atoms with Crippen LogP contribution in [0.4, 0.5) is 11.5 Å². The number of nitro benzene ring substituents is 1. The molecule has 1 N–H and O–H groups in total. The molecule has 0 atom stereocenters. The summed E-state index contributed by atoms with van der Waals surface area (Å²) in [6.07, 6.45) is 2.20. The number of carbonyl (C=O) groups excluding carboxylic acids is 1. The number of hydrogen-bond acceptors (Lipinski definition) is 6. The highest BCUT2D eigenvalue weighted by Crippen LogP contribution is 2.20. The SMILES string of the molecule is Cc1cccnc1NC(=O)CCCn1c(=O)oc2cc([N+](=O)[O-])ccc21. The van der Waals surface area contributed by atoms with Crippen molar-refractivity contribution in [3.63, 3.8) is 0 Å². The van der Waals surface area contributed by atoms with E-state index in [2.05, 4.69) is 10.3 Å². The van der Waals surface area contributed by atoms with Crippen molar-refractivity contribution in [2.24, 2.45) is 0 Å². The lowest BCUT2D eigenvalue weighted by Crippen LogP contribution is -2.17. The summed E-state index contributed by atoms with van der Waals surface area (Å²) in [5.41, 5.74) is 1.32.